The maximum absolute atomic E-state index is 13.6. The van der Waals surface area contributed by atoms with Gasteiger partial charge < -0.3 is 14.6 Å². The number of carbonyl (C=O) groups excluding carboxylic acids is 1. The Hall–Kier alpha value is -4.14. The van der Waals surface area contributed by atoms with E-state index in [0.717, 1.165) is 33.9 Å². The van der Waals surface area contributed by atoms with Gasteiger partial charge in [0.05, 0.1) is 18.6 Å². The first kappa shape index (κ1) is 25.5. The van der Waals surface area contributed by atoms with E-state index in [9.17, 15) is 13.2 Å². The molecule has 1 aromatic heterocycles. The zero-order valence-electron chi connectivity index (χ0n) is 21.3. The summed E-state index contributed by atoms with van der Waals surface area (Å²) in [6.45, 7) is 2.66. The number of aryl methyl sites for hydroxylation is 1. The van der Waals surface area contributed by atoms with Crippen molar-refractivity contribution in [1.29, 1.82) is 0 Å². The second-order valence-electron chi connectivity index (χ2n) is 8.98. The molecule has 0 aliphatic rings. The van der Waals surface area contributed by atoms with E-state index in [0.29, 0.717) is 11.4 Å². The van der Waals surface area contributed by atoms with E-state index in [2.05, 4.69) is 28.9 Å². The largest absolute Gasteiger partial charge is 0.497 e. The molecule has 0 aliphatic carbocycles. The first-order chi connectivity index (χ1) is 18.4. The van der Waals surface area contributed by atoms with Crippen molar-refractivity contribution in [2.75, 3.05) is 19.0 Å². The molecule has 0 unspecified atom stereocenters. The molecule has 0 spiro atoms. The van der Waals surface area contributed by atoms with Crippen LogP contribution in [-0.4, -0.2) is 36.9 Å². The van der Waals surface area contributed by atoms with Crippen molar-refractivity contribution >= 4 is 43.4 Å². The number of nitrogens with one attached hydrogen (secondary N) is 1. The van der Waals surface area contributed by atoms with Gasteiger partial charge in [0.25, 0.3) is 0 Å². The minimum absolute atomic E-state index is 0.0612. The molecular formula is C30H29N3O4S. The van der Waals surface area contributed by atoms with Gasteiger partial charge in [-0.2, -0.15) is 4.31 Å². The Morgan fingerprint density at radius 3 is 2.26 bits per heavy atom. The van der Waals surface area contributed by atoms with Gasteiger partial charge in [0.2, 0.25) is 15.9 Å². The molecule has 0 radical (unpaired) electrons. The first-order valence-corrected chi connectivity index (χ1v) is 13.8. The zero-order valence-corrected chi connectivity index (χ0v) is 22.1. The van der Waals surface area contributed by atoms with E-state index in [1.807, 2.05) is 60.7 Å². The minimum atomic E-state index is -3.96. The van der Waals surface area contributed by atoms with Crippen molar-refractivity contribution in [2.24, 2.45) is 0 Å². The third kappa shape index (κ3) is 5.01. The monoisotopic (exact) mass is 527 g/mol. The van der Waals surface area contributed by atoms with Gasteiger partial charge in [0, 0.05) is 40.6 Å². The molecule has 7 nitrogen and oxygen atoms in total. The van der Waals surface area contributed by atoms with Crippen molar-refractivity contribution in [3.8, 4) is 5.75 Å². The summed E-state index contributed by atoms with van der Waals surface area (Å²) in [5, 5.41) is 5.05. The number of rotatable bonds is 9. The van der Waals surface area contributed by atoms with Gasteiger partial charge in [0.15, 0.2) is 0 Å². The number of amides is 1. The van der Waals surface area contributed by atoms with Crippen molar-refractivity contribution < 1.29 is 17.9 Å². The third-order valence-electron chi connectivity index (χ3n) is 6.59. The predicted octanol–water partition coefficient (Wildman–Crippen LogP) is 5.65. The predicted molar refractivity (Wildman–Crippen MR) is 151 cm³/mol. The Bertz CT molecular complexity index is 1690. The topological polar surface area (TPSA) is 80.6 Å². The molecule has 0 bridgehead atoms. The molecule has 0 saturated carbocycles. The van der Waals surface area contributed by atoms with Gasteiger partial charge in [-0.3, -0.25) is 4.79 Å². The summed E-state index contributed by atoms with van der Waals surface area (Å²) in [4.78, 5) is 13.3. The average molecular weight is 528 g/mol. The zero-order chi connectivity index (χ0) is 26.7. The van der Waals surface area contributed by atoms with E-state index in [1.54, 1.807) is 12.1 Å². The number of fused-ring (bicyclic) bond motifs is 3. The maximum Gasteiger partial charge on any atom is 0.243 e. The molecule has 194 valence electrons. The average Bonchev–Trinajstić information content (AvgIpc) is 3.26. The lowest BCUT2D eigenvalue weighted by atomic mass is 10.1. The number of nitrogens with zero attached hydrogens (tertiary/aromatic N) is 2. The minimum Gasteiger partial charge on any atom is -0.497 e. The van der Waals surface area contributed by atoms with Crippen LogP contribution in [0.15, 0.2) is 102 Å². The van der Waals surface area contributed by atoms with Crippen LogP contribution in [0.1, 0.15) is 12.5 Å². The normalized spacial score (nSPS) is 11.8. The summed E-state index contributed by atoms with van der Waals surface area (Å²) in [6.07, 6.45) is 0. The van der Waals surface area contributed by atoms with Crippen LogP contribution in [0.3, 0.4) is 0 Å². The number of hydrogen-bond acceptors (Lipinski definition) is 4. The molecule has 1 heterocycles. The highest BCUT2D eigenvalue weighted by Gasteiger charge is 2.27. The summed E-state index contributed by atoms with van der Waals surface area (Å²) in [5.41, 5.74) is 3.61. The van der Waals surface area contributed by atoms with E-state index in [-0.39, 0.29) is 18.0 Å². The fourth-order valence-electron chi connectivity index (χ4n) is 4.74. The molecule has 5 rings (SSSR count). The maximum atomic E-state index is 13.6. The van der Waals surface area contributed by atoms with Crippen molar-refractivity contribution in [3.63, 3.8) is 0 Å². The Balaban J connectivity index is 1.43. The number of aromatic nitrogens is 1. The second-order valence-corrected chi connectivity index (χ2v) is 10.9. The molecule has 0 saturated heterocycles. The lowest BCUT2D eigenvalue weighted by Crippen LogP contribution is -2.37. The molecule has 1 N–H and O–H groups in total. The Morgan fingerprint density at radius 1 is 0.868 bits per heavy atom. The summed E-state index contributed by atoms with van der Waals surface area (Å²) in [6, 6.07) is 29.3. The first-order valence-electron chi connectivity index (χ1n) is 12.4. The van der Waals surface area contributed by atoms with Crippen LogP contribution in [0, 0.1) is 0 Å². The van der Waals surface area contributed by atoms with Crippen LogP contribution in [0.5, 0.6) is 5.75 Å². The highest BCUT2D eigenvalue weighted by Crippen LogP contribution is 2.31. The van der Waals surface area contributed by atoms with Gasteiger partial charge >= 0.3 is 0 Å². The number of hydrogen-bond donors (Lipinski definition) is 1. The Kier molecular flexibility index (Phi) is 7.18. The highest BCUT2D eigenvalue weighted by atomic mass is 32.2. The quantitative estimate of drug-likeness (QED) is 0.269. The molecule has 0 atom stereocenters. The van der Waals surface area contributed by atoms with Crippen LogP contribution in [-0.2, 0) is 27.9 Å². The van der Waals surface area contributed by atoms with Crippen molar-refractivity contribution in [3.05, 3.63) is 103 Å². The summed E-state index contributed by atoms with van der Waals surface area (Å²) >= 11 is 0. The number of para-hydroxylation sites is 1. The van der Waals surface area contributed by atoms with E-state index >= 15 is 0 Å². The second kappa shape index (κ2) is 10.7. The van der Waals surface area contributed by atoms with Crippen LogP contribution < -0.4 is 10.1 Å². The summed E-state index contributed by atoms with van der Waals surface area (Å²) in [5.74, 6) is 0.132. The van der Waals surface area contributed by atoms with E-state index in [4.69, 9.17) is 4.74 Å². The van der Waals surface area contributed by atoms with Crippen LogP contribution in [0.2, 0.25) is 0 Å². The molecule has 1 amide bonds. The Labute approximate surface area is 222 Å². The SMILES string of the molecule is CCn1c2ccccc2c2cc(NC(=O)CN(Cc3ccccc3)S(=O)(=O)c3ccc(OC)cc3)ccc21. The molecule has 38 heavy (non-hydrogen) atoms. The fourth-order valence-corrected chi connectivity index (χ4v) is 6.13. The van der Waals surface area contributed by atoms with Gasteiger partial charge in [-0.05, 0) is 61.0 Å². The van der Waals surface area contributed by atoms with Crippen molar-refractivity contribution in [2.45, 2.75) is 24.9 Å². The van der Waals surface area contributed by atoms with Gasteiger partial charge in [-0.25, -0.2) is 8.42 Å². The van der Waals surface area contributed by atoms with E-state index < -0.39 is 15.9 Å². The van der Waals surface area contributed by atoms with Gasteiger partial charge in [-0.15, -0.1) is 0 Å². The van der Waals surface area contributed by atoms with Crippen LogP contribution in [0.4, 0.5) is 5.69 Å². The summed E-state index contributed by atoms with van der Waals surface area (Å²) in [7, 11) is -2.44. The third-order valence-corrected chi connectivity index (χ3v) is 8.40. The lowest BCUT2D eigenvalue weighted by Gasteiger charge is -2.22. The van der Waals surface area contributed by atoms with Crippen LogP contribution >= 0.6 is 0 Å². The molecular weight excluding hydrogens is 498 g/mol. The standard InChI is InChI=1S/C30H29N3O4S/c1-3-33-28-12-8-7-11-26(28)27-19-23(13-18-29(27)33)31-30(34)21-32(20-22-9-5-4-6-10-22)38(35,36)25-16-14-24(37-2)15-17-25/h4-19H,3,20-21H2,1-2H3,(H,31,34). The van der Waals surface area contributed by atoms with E-state index in [1.165, 1.54) is 23.5 Å². The molecule has 5 aromatic rings. The van der Waals surface area contributed by atoms with Crippen LogP contribution in [0.25, 0.3) is 21.8 Å². The summed E-state index contributed by atoms with van der Waals surface area (Å²) < 4.78 is 35.8. The number of methoxy groups -OCH3 is 1. The smallest absolute Gasteiger partial charge is 0.243 e. The molecule has 0 fully saturated rings. The highest BCUT2D eigenvalue weighted by molar-refractivity contribution is 7.89. The Morgan fingerprint density at radius 2 is 1.55 bits per heavy atom. The molecule has 8 heteroatoms. The number of ether oxygens (including phenoxy) is 1. The number of anilines is 1. The van der Waals surface area contributed by atoms with Gasteiger partial charge in [-0.1, -0.05) is 48.5 Å². The molecule has 0 aliphatic heterocycles. The molecule has 4 aromatic carbocycles. The van der Waals surface area contributed by atoms with Gasteiger partial charge in [0.1, 0.15) is 5.75 Å². The fraction of sp³-hybridized carbons (Fsp3) is 0.167. The number of benzene rings is 4. The van der Waals surface area contributed by atoms with Crippen molar-refractivity contribution in [1.82, 2.24) is 8.87 Å². The lowest BCUT2D eigenvalue weighted by molar-refractivity contribution is -0.116. The number of sulfonamides is 1. The number of carbonyl (C=O) groups is 1.